The monoisotopic (exact) mass is 205 g/mol. The predicted octanol–water partition coefficient (Wildman–Crippen LogP) is -3.44. The number of hydrogen-bond donors (Lipinski definition) is 1. The number of carbonyl (C=O) groups excluding carboxylic acids is 2. The molecular weight excluding hydrogens is 198 g/mol. The molecule has 1 atom stereocenters. The van der Waals surface area contributed by atoms with Crippen molar-refractivity contribution in [2.24, 2.45) is 0 Å². The predicted molar refractivity (Wildman–Crippen MR) is 41.6 cm³/mol. The molecule has 1 rings (SSSR count). The normalized spacial score (nSPS) is 11.4. The third-order valence-electron chi connectivity index (χ3n) is 1.28. The summed E-state index contributed by atoms with van der Waals surface area (Å²) in [6.07, 6.45) is 0.585. The molecular formula is C7H8ClNO2S. The summed E-state index contributed by atoms with van der Waals surface area (Å²) in [5, 5.41) is 1.81. The molecule has 1 aromatic heterocycles. The van der Waals surface area contributed by atoms with E-state index in [9.17, 15) is 9.59 Å². The number of thiophene rings is 1. The first-order valence-corrected chi connectivity index (χ1v) is 4.00. The van der Waals surface area contributed by atoms with E-state index in [-0.39, 0.29) is 23.2 Å². The van der Waals surface area contributed by atoms with Crippen LogP contribution in [-0.4, -0.2) is 19.4 Å². The molecule has 0 aliphatic heterocycles. The highest BCUT2D eigenvalue weighted by Gasteiger charge is 2.16. The molecule has 66 valence electrons. The second-order valence-corrected chi connectivity index (χ2v) is 3.05. The highest BCUT2D eigenvalue weighted by molar-refractivity contribution is 7.11. The first kappa shape index (κ1) is 11.3. The van der Waals surface area contributed by atoms with Crippen LogP contribution in [0.2, 0.25) is 0 Å². The van der Waals surface area contributed by atoms with E-state index < -0.39 is 0 Å². The number of imide groups is 1. The van der Waals surface area contributed by atoms with Crippen molar-refractivity contribution in [2.75, 3.05) is 7.05 Å². The fourth-order valence-electron chi connectivity index (χ4n) is 0.656. The van der Waals surface area contributed by atoms with Gasteiger partial charge in [-0.2, -0.15) is 0 Å². The van der Waals surface area contributed by atoms with Crippen molar-refractivity contribution < 1.29 is 26.9 Å². The van der Waals surface area contributed by atoms with Gasteiger partial charge in [-0.3, -0.25) is 0 Å². The van der Waals surface area contributed by atoms with Crippen LogP contribution in [0.3, 0.4) is 0 Å². The maximum absolute atomic E-state index is 11.2. The lowest BCUT2D eigenvalue weighted by Gasteiger charge is -1.98. The summed E-state index contributed by atoms with van der Waals surface area (Å²) in [5.74, 6) is -0.171. The standard InChI is InChI=1S/C7H7NO2S.ClH/c1-8(5-9)7(10)6-3-2-4-11-6;/h2-5H,1H3;1H. The molecule has 1 aromatic rings. The van der Waals surface area contributed by atoms with Crippen LogP contribution < -0.4 is 17.3 Å². The highest BCUT2D eigenvalue weighted by atomic mass is 35.5. The van der Waals surface area contributed by atoms with Crippen LogP contribution in [0.1, 0.15) is 9.67 Å². The van der Waals surface area contributed by atoms with Crippen LogP contribution in [0.15, 0.2) is 17.5 Å². The summed E-state index contributed by atoms with van der Waals surface area (Å²) < 4.78 is 0. The molecule has 3 nitrogen and oxygen atoms in total. The minimum atomic E-state index is -0.171. The van der Waals surface area contributed by atoms with Gasteiger partial charge in [-0.25, -0.2) is 14.5 Å². The van der Waals surface area contributed by atoms with Gasteiger partial charge in [0, 0.05) is 0 Å². The van der Waals surface area contributed by atoms with Crippen LogP contribution >= 0.6 is 11.3 Å². The Kier molecular flexibility index (Phi) is 4.73. The molecule has 1 N–H and O–H groups in total. The van der Waals surface area contributed by atoms with E-state index in [0.717, 1.165) is 0 Å². The maximum atomic E-state index is 11.2. The summed E-state index contributed by atoms with van der Waals surface area (Å²) >= 11 is 1.35. The van der Waals surface area contributed by atoms with Gasteiger partial charge in [-0.15, -0.1) is 11.3 Å². The van der Waals surface area contributed by atoms with Gasteiger partial charge in [0.15, 0.2) is 0 Å². The Morgan fingerprint density at radius 2 is 2.33 bits per heavy atom. The first-order valence-electron chi connectivity index (χ1n) is 3.12. The number of hydrogen-bond acceptors (Lipinski definition) is 3. The molecule has 0 fully saturated rings. The zero-order valence-corrected chi connectivity index (χ0v) is 7.98. The van der Waals surface area contributed by atoms with Crippen molar-refractivity contribution in [3.05, 3.63) is 22.4 Å². The largest absolute Gasteiger partial charge is 1.00 e. The van der Waals surface area contributed by atoms with Crippen LogP contribution in [-0.2, 0) is 4.79 Å². The molecule has 0 saturated heterocycles. The van der Waals surface area contributed by atoms with Crippen molar-refractivity contribution in [2.45, 2.75) is 0 Å². The molecule has 0 saturated carbocycles. The smallest absolute Gasteiger partial charge is 0.361 e. The number of nitrogens with one attached hydrogen (secondary N) is 1. The van der Waals surface area contributed by atoms with E-state index in [0.29, 0.717) is 11.3 Å². The van der Waals surface area contributed by atoms with Gasteiger partial charge in [0.25, 0.3) is 0 Å². The van der Waals surface area contributed by atoms with Gasteiger partial charge in [-0.1, -0.05) is 6.07 Å². The lowest BCUT2D eigenvalue weighted by atomic mass is 10.4. The number of carbonyl (C=O) groups is 2. The minimum absolute atomic E-state index is 0. The summed E-state index contributed by atoms with van der Waals surface area (Å²) in [5.41, 5.74) is 0. The van der Waals surface area contributed by atoms with E-state index in [1.165, 1.54) is 18.4 Å². The van der Waals surface area contributed by atoms with E-state index >= 15 is 0 Å². The number of quaternary nitrogens is 1. The van der Waals surface area contributed by atoms with Crippen molar-refractivity contribution in [1.82, 2.24) is 0 Å². The lowest BCUT2D eigenvalue weighted by molar-refractivity contribution is -0.694. The molecule has 2 amide bonds. The van der Waals surface area contributed by atoms with E-state index in [1.807, 2.05) is 5.38 Å². The summed E-state index contributed by atoms with van der Waals surface area (Å²) in [4.78, 5) is 22.2. The fraction of sp³-hybridized carbons (Fsp3) is 0.143. The summed E-state index contributed by atoms with van der Waals surface area (Å²) in [6.45, 7) is 0. The second kappa shape index (κ2) is 5.03. The first-order chi connectivity index (χ1) is 5.25. The Morgan fingerprint density at radius 1 is 1.67 bits per heavy atom. The Morgan fingerprint density at radius 3 is 2.75 bits per heavy atom. The van der Waals surface area contributed by atoms with E-state index in [2.05, 4.69) is 0 Å². The molecule has 0 aromatic carbocycles. The molecule has 12 heavy (non-hydrogen) atoms. The molecule has 0 radical (unpaired) electrons. The maximum Gasteiger partial charge on any atom is 0.361 e. The number of amides is 2. The van der Waals surface area contributed by atoms with Crippen molar-refractivity contribution in [3.63, 3.8) is 0 Å². The lowest BCUT2D eigenvalue weighted by Crippen LogP contribution is -3.10. The van der Waals surface area contributed by atoms with Crippen LogP contribution in [0.4, 0.5) is 0 Å². The molecule has 0 aliphatic carbocycles. The molecule has 0 spiro atoms. The minimum Gasteiger partial charge on any atom is -1.00 e. The van der Waals surface area contributed by atoms with Crippen molar-refractivity contribution in [1.29, 1.82) is 0 Å². The number of rotatable bonds is 2. The van der Waals surface area contributed by atoms with Crippen molar-refractivity contribution >= 4 is 23.7 Å². The zero-order valence-electron chi connectivity index (χ0n) is 6.41. The van der Waals surface area contributed by atoms with Gasteiger partial charge in [-0.05, 0) is 11.4 Å². The zero-order chi connectivity index (χ0) is 8.27. The Bertz CT molecular complexity index is 260. The van der Waals surface area contributed by atoms with Gasteiger partial charge in [0.1, 0.15) is 4.88 Å². The topological polar surface area (TPSA) is 38.6 Å². The van der Waals surface area contributed by atoms with Gasteiger partial charge in [0.2, 0.25) is 0 Å². The third-order valence-corrected chi connectivity index (χ3v) is 2.15. The van der Waals surface area contributed by atoms with E-state index in [4.69, 9.17) is 0 Å². The van der Waals surface area contributed by atoms with Gasteiger partial charge < -0.3 is 12.4 Å². The molecule has 0 bridgehead atoms. The molecule has 1 heterocycles. The Hall–Kier alpha value is -0.710. The van der Waals surface area contributed by atoms with Crippen molar-refractivity contribution in [3.8, 4) is 0 Å². The average molecular weight is 206 g/mol. The molecule has 1 unspecified atom stereocenters. The quantitative estimate of drug-likeness (QED) is 0.511. The SMILES string of the molecule is C[NH+](C=O)C(=O)c1cccs1.[Cl-]. The summed E-state index contributed by atoms with van der Waals surface area (Å²) in [6, 6.07) is 3.50. The Labute approximate surface area is 80.4 Å². The van der Waals surface area contributed by atoms with Gasteiger partial charge in [0.05, 0.1) is 7.05 Å². The van der Waals surface area contributed by atoms with Gasteiger partial charge >= 0.3 is 12.3 Å². The third kappa shape index (κ3) is 2.41. The van der Waals surface area contributed by atoms with Crippen LogP contribution in [0, 0.1) is 0 Å². The number of halogens is 1. The van der Waals surface area contributed by atoms with Crippen LogP contribution in [0.5, 0.6) is 0 Å². The Balaban J connectivity index is 0.00000121. The fourth-order valence-corrected chi connectivity index (χ4v) is 1.38. The highest BCUT2D eigenvalue weighted by Crippen LogP contribution is 2.05. The second-order valence-electron chi connectivity index (χ2n) is 2.11. The average Bonchev–Trinajstić information content (AvgIpc) is 2.53. The summed E-state index contributed by atoms with van der Waals surface area (Å²) in [7, 11) is 1.52. The molecule has 5 heteroatoms. The van der Waals surface area contributed by atoms with E-state index in [1.54, 1.807) is 12.1 Å². The molecule has 0 aliphatic rings. The van der Waals surface area contributed by atoms with Crippen LogP contribution in [0.25, 0.3) is 0 Å².